The molecule has 0 atom stereocenters. The van der Waals surface area contributed by atoms with Crippen molar-refractivity contribution in [1.82, 2.24) is 30.4 Å². The van der Waals surface area contributed by atoms with Gasteiger partial charge in [0, 0.05) is 31.7 Å². The van der Waals surface area contributed by atoms with Gasteiger partial charge in [0.2, 0.25) is 0 Å². The number of hydrogen-bond donors (Lipinski definition) is 1. The Morgan fingerprint density at radius 3 is 2.70 bits per heavy atom. The third-order valence-electron chi connectivity index (χ3n) is 5.68. The van der Waals surface area contributed by atoms with E-state index >= 15 is 0 Å². The van der Waals surface area contributed by atoms with E-state index in [0.29, 0.717) is 17.8 Å². The predicted molar refractivity (Wildman–Crippen MR) is 99.6 cm³/mol. The predicted octanol–water partition coefficient (Wildman–Crippen LogP) is 1.28. The number of ether oxygens (including phenoxy) is 1. The molecule has 3 heterocycles. The molecule has 8 nitrogen and oxygen atoms in total. The fraction of sp³-hybridized carbons (Fsp3) is 0.579. The van der Waals surface area contributed by atoms with Gasteiger partial charge in [-0.3, -0.25) is 4.79 Å². The van der Waals surface area contributed by atoms with E-state index in [0.717, 1.165) is 32.6 Å². The number of likely N-dealkylation sites (tertiary alicyclic amines) is 1. The van der Waals surface area contributed by atoms with E-state index in [1.165, 1.54) is 36.9 Å². The monoisotopic (exact) mass is 370 g/mol. The smallest absolute Gasteiger partial charge is 0.253 e. The highest BCUT2D eigenvalue weighted by atomic mass is 16.5. The van der Waals surface area contributed by atoms with Gasteiger partial charge in [-0.05, 0) is 61.3 Å². The van der Waals surface area contributed by atoms with Crippen molar-refractivity contribution >= 4 is 5.91 Å². The first-order valence-corrected chi connectivity index (χ1v) is 9.67. The molecule has 2 saturated heterocycles. The normalized spacial score (nSPS) is 19.9. The number of rotatable bonds is 6. The fourth-order valence-electron chi connectivity index (χ4n) is 4.11. The summed E-state index contributed by atoms with van der Waals surface area (Å²) >= 11 is 0. The molecule has 2 aromatic rings. The summed E-state index contributed by atoms with van der Waals surface area (Å²) in [7, 11) is 0. The number of tetrazole rings is 1. The van der Waals surface area contributed by atoms with E-state index in [1.54, 1.807) is 0 Å². The van der Waals surface area contributed by atoms with Crippen LogP contribution in [-0.4, -0.2) is 70.4 Å². The Labute approximate surface area is 158 Å². The number of benzene rings is 1. The van der Waals surface area contributed by atoms with Crippen molar-refractivity contribution in [1.29, 1.82) is 0 Å². The molecule has 0 unspecified atom stereocenters. The maximum Gasteiger partial charge on any atom is 0.253 e. The summed E-state index contributed by atoms with van der Waals surface area (Å²) in [6.45, 7) is 5.56. The van der Waals surface area contributed by atoms with Crippen molar-refractivity contribution in [3.63, 3.8) is 0 Å². The molecule has 1 aromatic carbocycles. The third kappa shape index (κ3) is 4.17. The second-order valence-corrected chi connectivity index (χ2v) is 7.55. The molecule has 0 radical (unpaired) electrons. The van der Waals surface area contributed by atoms with Gasteiger partial charge in [0.15, 0.2) is 0 Å². The highest BCUT2D eigenvalue weighted by molar-refractivity contribution is 5.97. The van der Waals surface area contributed by atoms with Gasteiger partial charge >= 0.3 is 0 Å². The Hall–Kier alpha value is -2.32. The van der Waals surface area contributed by atoms with E-state index in [4.69, 9.17) is 4.74 Å². The number of amides is 1. The first kappa shape index (κ1) is 18.1. The summed E-state index contributed by atoms with van der Waals surface area (Å²) in [6.07, 6.45) is 6.02. The van der Waals surface area contributed by atoms with Crippen molar-refractivity contribution in [2.45, 2.75) is 25.7 Å². The molecule has 2 aliphatic rings. The van der Waals surface area contributed by atoms with Crippen molar-refractivity contribution in [2.75, 3.05) is 39.4 Å². The van der Waals surface area contributed by atoms with Gasteiger partial charge in [-0.15, -0.1) is 5.10 Å². The fourth-order valence-corrected chi connectivity index (χ4v) is 4.11. The van der Waals surface area contributed by atoms with Crippen LogP contribution >= 0.6 is 0 Å². The number of carbonyl (C=O) groups is 1. The molecule has 1 aromatic heterocycles. The van der Waals surface area contributed by atoms with Crippen LogP contribution in [0.4, 0.5) is 0 Å². The lowest BCUT2D eigenvalue weighted by atomic mass is 9.79. The Balaban J connectivity index is 1.47. The Morgan fingerprint density at radius 1 is 1.19 bits per heavy atom. The van der Waals surface area contributed by atoms with Crippen molar-refractivity contribution in [3.05, 3.63) is 36.2 Å². The van der Waals surface area contributed by atoms with Crippen LogP contribution < -0.4 is 5.32 Å². The van der Waals surface area contributed by atoms with E-state index < -0.39 is 0 Å². The maximum atomic E-state index is 12.9. The van der Waals surface area contributed by atoms with Crippen LogP contribution in [0.5, 0.6) is 0 Å². The Kier molecular flexibility index (Phi) is 5.45. The summed E-state index contributed by atoms with van der Waals surface area (Å²) in [6, 6.07) is 7.39. The zero-order valence-corrected chi connectivity index (χ0v) is 15.5. The molecule has 8 heteroatoms. The zero-order chi connectivity index (χ0) is 18.5. The topological polar surface area (TPSA) is 85.2 Å². The number of hydrogen-bond acceptors (Lipinski definition) is 6. The number of nitrogens with zero attached hydrogens (tertiary/aromatic N) is 5. The van der Waals surface area contributed by atoms with Gasteiger partial charge < -0.3 is 15.0 Å². The largest absolute Gasteiger partial charge is 0.381 e. The van der Waals surface area contributed by atoms with Gasteiger partial charge in [0.1, 0.15) is 6.33 Å². The average Bonchev–Trinajstić information content (AvgIpc) is 3.41. The minimum atomic E-state index is -0.0895. The third-order valence-corrected chi connectivity index (χ3v) is 5.68. The molecular weight excluding hydrogens is 344 g/mol. The minimum absolute atomic E-state index is 0.0853. The van der Waals surface area contributed by atoms with Crippen LogP contribution in [0.3, 0.4) is 0 Å². The SMILES string of the molecule is O=C(NCC1(CN2CCCC2)CCOCC1)c1ccccc1-n1cnnn1. The zero-order valence-electron chi connectivity index (χ0n) is 15.5. The van der Waals surface area contributed by atoms with E-state index in [-0.39, 0.29) is 11.3 Å². The Bertz CT molecular complexity index is 751. The van der Waals surface area contributed by atoms with E-state index in [1.807, 2.05) is 24.3 Å². The molecule has 0 bridgehead atoms. The molecule has 0 saturated carbocycles. The molecule has 1 amide bonds. The second-order valence-electron chi connectivity index (χ2n) is 7.55. The quantitative estimate of drug-likeness (QED) is 0.825. The molecule has 0 spiro atoms. The van der Waals surface area contributed by atoms with Crippen LogP contribution in [0.25, 0.3) is 5.69 Å². The number of carbonyl (C=O) groups excluding carboxylic acids is 1. The van der Waals surface area contributed by atoms with Gasteiger partial charge in [-0.25, -0.2) is 0 Å². The van der Waals surface area contributed by atoms with Gasteiger partial charge in [-0.2, -0.15) is 4.68 Å². The number of nitrogens with one attached hydrogen (secondary N) is 1. The summed E-state index contributed by atoms with van der Waals surface area (Å²) in [5.74, 6) is -0.0895. The molecule has 4 rings (SSSR count). The van der Waals surface area contributed by atoms with Gasteiger partial charge in [0.25, 0.3) is 5.91 Å². The maximum absolute atomic E-state index is 12.9. The summed E-state index contributed by atoms with van der Waals surface area (Å²) in [5.41, 5.74) is 1.34. The Morgan fingerprint density at radius 2 is 1.96 bits per heavy atom. The van der Waals surface area contributed by atoms with Crippen molar-refractivity contribution < 1.29 is 9.53 Å². The van der Waals surface area contributed by atoms with Crippen molar-refractivity contribution in [3.8, 4) is 5.69 Å². The van der Waals surface area contributed by atoms with E-state index in [2.05, 4.69) is 25.7 Å². The summed E-state index contributed by atoms with van der Waals surface area (Å²) < 4.78 is 7.11. The van der Waals surface area contributed by atoms with Crippen molar-refractivity contribution in [2.24, 2.45) is 5.41 Å². The molecule has 1 N–H and O–H groups in total. The number of para-hydroxylation sites is 1. The van der Waals surface area contributed by atoms with Gasteiger partial charge in [-0.1, -0.05) is 12.1 Å². The summed E-state index contributed by atoms with van der Waals surface area (Å²) in [5, 5.41) is 14.4. The van der Waals surface area contributed by atoms with Crippen LogP contribution in [0.2, 0.25) is 0 Å². The summed E-state index contributed by atoms with van der Waals surface area (Å²) in [4.78, 5) is 15.5. The standard InChI is InChI=1S/C19H26N6O2/c26-18(16-5-1-2-6-17(16)25-15-21-22-23-25)20-13-19(7-11-27-12-8-19)14-24-9-3-4-10-24/h1-2,5-6,15H,3-4,7-14H2,(H,20,26). The number of aromatic nitrogens is 4. The average molecular weight is 370 g/mol. The van der Waals surface area contributed by atoms with E-state index in [9.17, 15) is 4.79 Å². The van der Waals surface area contributed by atoms with Gasteiger partial charge in [0.05, 0.1) is 11.3 Å². The lowest BCUT2D eigenvalue weighted by Gasteiger charge is -2.40. The molecule has 27 heavy (non-hydrogen) atoms. The molecule has 2 aliphatic heterocycles. The molecule has 144 valence electrons. The van der Waals surface area contributed by atoms with Crippen LogP contribution in [0.1, 0.15) is 36.0 Å². The lowest BCUT2D eigenvalue weighted by Crippen LogP contribution is -2.48. The van der Waals surface area contributed by atoms with Crippen LogP contribution in [0, 0.1) is 5.41 Å². The lowest BCUT2D eigenvalue weighted by molar-refractivity contribution is -0.000630. The van der Waals surface area contributed by atoms with Crippen LogP contribution in [0.15, 0.2) is 30.6 Å². The highest BCUT2D eigenvalue weighted by Crippen LogP contribution is 2.32. The van der Waals surface area contributed by atoms with Crippen LogP contribution in [-0.2, 0) is 4.74 Å². The molecule has 0 aliphatic carbocycles. The second kappa shape index (κ2) is 8.14. The first-order valence-electron chi connectivity index (χ1n) is 9.67. The first-order chi connectivity index (χ1) is 13.3. The minimum Gasteiger partial charge on any atom is -0.381 e. The molecule has 2 fully saturated rings. The highest BCUT2D eigenvalue weighted by Gasteiger charge is 2.35. The molecular formula is C19H26N6O2.